The summed E-state index contributed by atoms with van der Waals surface area (Å²) in [7, 11) is -1.12. The zero-order valence-corrected chi connectivity index (χ0v) is 14.7. The van der Waals surface area contributed by atoms with Crippen molar-refractivity contribution in [3.05, 3.63) is 64.1 Å². The molecule has 112 valence electrons. The molecule has 0 saturated carbocycles. The van der Waals surface area contributed by atoms with Crippen molar-refractivity contribution in [3.63, 3.8) is 0 Å². The van der Waals surface area contributed by atoms with Crippen molar-refractivity contribution in [2.24, 2.45) is 5.73 Å². The fourth-order valence-electron chi connectivity index (χ4n) is 2.16. The van der Waals surface area contributed by atoms with Gasteiger partial charge in [0.2, 0.25) is 0 Å². The average Bonchev–Trinajstić information content (AvgIpc) is 2.53. The van der Waals surface area contributed by atoms with Crippen LogP contribution in [-0.4, -0.2) is 9.46 Å². The Morgan fingerprint density at radius 3 is 2.19 bits per heavy atom. The molecule has 2 nitrogen and oxygen atoms in total. The minimum absolute atomic E-state index is 0.140. The molecule has 0 heterocycles. The molecular weight excluding hydrogens is 346 g/mol. The third-order valence-electron chi connectivity index (χ3n) is 3.66. The van der Waals surface area contributed by atoms with Crippen molar-refractivity contribution in [1.82, 2.24) is 0 Å². The van der Waals surface area contributed by atoms with E-state index >= 15 is 0 Å². The number of hydrogen-bond acceptors (Lipinski definition) is 2. The highest BCUT2D eigenvalue weighted by molar-refractivity contribution is 9.10. The van der Waals surface area contributed by atoms with Gasteiger partial charge in [0.1, 0.15) is 0 Å². The van der Waals surface area contributed by atoms with Gasteiger partial charge in [-0.2, -0.15) is 0 Å². The van der Waals surface area contributed by atoms with Crippen LogP contribution in [0.25, 0.3) is 0 Å². The number of rotatable bonds is 5. The van der Waals surface area contributed by atoms with E-state index in [2.05, 4.69) is 35.0 Å². The van der Waals surface area contributed by atoms with Gasteiger partial charge >= 0.3 is 0 Å². The molecule has 0 bridgehead atoms. The van der Waals surface area contributed by atoms with Crippen molar-refractivity contribution < 1.29 is 4.21 Å². The monoisotopic (exact) mass is 365 g/mol. The smallest absolute Gasteiger partial charge is 0.0577 e. The van der Waals surface area contributed by atoms with Crippen molar-refractivity contribution in [2.45, 2.75) is 36.5 Å². The number of halogens is 1. The van der Waals surface area contributed by atoms with Crippen LogP contribution in [0.4, 0.5) is 0 Å². The summed E-state index contributed by atoms with van der Waals surface area (Å²) < 4.78 is 13.6. The van der Waals surface area contributed by atoms with Gasteiger partial charge in [0.25, 0.3) is 0 Å². The Kier molecular flexibility index (Phi) is 5.73. The number of nitrogens with two attached hydrogens (primary N) is 1. The molecule has 0 aromatic heterocycles. The van der Waals surface area contributed by atoms with Crippen LogP contribution in [0, 0.1) is 0 Å². The topological polar surface area (TPSA) is 43.1 Å². The van der Waals surface area contributed by atoms with Crippen LogP contribution in [0.3, 0.4) is 0 Å². The Morgan fingerprint density at radius 1 is 1.10 bits per heavy atom. The van der Waals surface area contributed by atoms with E-state index in [1.54, 1.807) is 0 Å². The lowest BCUT2D eigenvalue weighted by molar-refractivity contribution is 0.643. The van der Waals surface area contributed by atoms with Crippen LogP contribution in [0.15, 0.2) is 57.9 Å². The molecule has 2 N–H and O–H groups in total. The van der Waals surface area contributed by atoms with E-state index in [9.17, 15) is 4.21 Å². The standard InChI is InChI=1S/C17H20BrNOS/c1-3-13-4-6-14(7-5-13)17(19)12(2)21(20)16-10-8-15(18)9-11-16/h4-12,17H,3,19H2,1-2H3. The molecule has 0 aliphatic carbocycles. The molecule has 3 atom stereocenters. The maximum Gasteiger partial charge on any atom is 0.0577 e. The third-order valence-corrected chi connectivity index (χ3v) is 5.90. The molecule has 0 fully saturated rings. The molecule has 2 aromatic rings. The minimum atomic E-state index is -1.12. The van der Waals surface area contributed by atoms with Crippen molar-refractivity contribution in [3.8, 4) is 0 Å². The Labute approximate surface area is 137 Å². The van der Waals surface area contributed by atoms with Gasteiger partial charge in [-0.1, -0.05) is 47.1 Å². The summed E-state index contributed by atoms with van der Waals surface area (Å²) in [5.74, 6) is 0. The molecule has 4 heteroatoms. The van der Waals surface area contributed by atoms with E-state index < -0.39 is 10.8 Å². The molecule has 0 spiro atoms. The highest BCUT2D eigenvalue weighted by Gasteiger charge is 2.22. The minimum Gasteiger partial charge on any atom is -0.323 e. The van der Waals surface area contributed by atoms with E-state index in [4.69, 9.17) is 5.73 Å². The van der Waals surface area contributed by atoms with Crippen LogP contribution in [0.5, 0.6) is 0 Å². The van der Waals surface area contributed by atoms with E-state index in [0.29, 0.717) is 0 Å². The fourth-order valence-corrected chi connectivity index (χ4v) is 3.68. The number of benzene rings is 2. The van der Waals surface area contributed by atoms with Crippen LogP contribution in [0.1, 0.15) is 31.0 Å². The van der Waals surface area contributed by atoms with Crippen LogP contribution in [-0.2, 0) is 17.2 Å². The Bertz CT molecular complexity index is 610. The predicted octanol–water partition coefficient (Wildman–Crippen LogP) is 4.21. The average molecular weight is 366 g/mol. The Morgan fingerprint density at radius 2 is 1.67 bits per heavy atom. The first-order valence-electron chi connectivity index (χ1n) is 7.03. The number of aryl methyl sites for hydroxylation is 1. The maximum absolute atomic E-state index is 12.6. The van der Waals surface area contributed by atoms with Gasteiger partial charge in [0.05, 0.1) is 16.0 Å². The van der Waals surface area contributed by atoms with Gasteiger partial charge in [0.15, 0.2) is 0 Å². The van der Waals surface area contributed by atoms with E-state index in [0.717, 1.165) is 21.4 Å². The van der Waals surface area contributed by atoms with Gasteiger partial charge in [-0.15, -0.1) is 0 Å². The van der Waals surface area contributed by atoms with Gasteiger partial charge in [-0.25, -0.2) is 0 Å². The fraction of sp³-hybridized carbons (Fsp3) is 0.294. The summed E-state index contributed by atoms with van der Waals surface area (Å²) in [6.45, 7) is 4.07. The summed E-state index contributed by atoms with van der Waals surface area (Å²) in [5, 5.41) is -0.140. The first-order chi connectivity index (χ1) is 10.0. The van der Waals surface area contributed by atoms with Crippen LogP contribution < -0.4 is 5.73 Å². The number of hydrogen-bond donors (Lipinski definition) is 1. The van der Waals surface area contributed by atoms with E-state index in [1.165, 1.54) is 5.56 Å². The highest BCUT2D eigenvalue weighted by Crippen LogP contribution is 2.23. The van der Waals surface area contributed by atoms with E-state index in [1.807, 2.05) is 43.3 Å². The van der Waals surface area contributed by atoms with Gasteiger partial charge in [-0.05, 0) is 48.7 Å². The molecule has 2 rings (SSSR count). The quantitative estimate of drug-likeness (QED) is 0.862. The van der Waals surface area contributed by atoms with Gasteiger partial charge < -0.3 is 5.73 Å². The molecule has 0 aliphatic rings. The summed E-state index contributed by atoms with van der Waals surface area (Å²) in [6.07, 6.45) is 1.01. The first-order valence-corrected chi connectivity index (χ1v) is 9.04. The SMILES string of the molecule is CCc1ccc(C(N)C(C)S(=O)c2ccc(Br)cc2)cc1. The molecular formula is C17H20BrNOS. The molecule has 0 amide bonds. The maximum atomic E-state index is 12.6. The molecule has 21 heavy (non-hydrogen) atoms. The lowest BCUT2D eigenvalue weighted by Gasteiger charge is -2.20. The van der Waals surface area contributed by atoms with Gasteiger partial charge in [-0.3, -0.25) is 4.21 Å². The molecule has 0 radical (unpaired) electrons. The van der Waals surface area contributed by atoms with Crippen molar-refractivity contribution in [1.29, 1.82) is 0 Å². The lowest BCUT2D eigenvalue weighted by atomic mass is 10.0. The Hall–Kier alpha value is -0.970. The lowest BCUT2D eigenvalue weighted by Crippen LogP contribution is -2.27. The molecule has 2 aromatic carbocycles. The highest BCUT2D eigenvalue weighted by atomic mass is 79.9. The Balaban J connectivity index is 2.15. The zero-order chi connectivity index (χ0) is 15.4. The van der Waals surface area contributed by atoms with Gasteiger partial charge in [0, 0.05) is 15.4 Å². The largest absolute Gasteiger partial charge is 0.323 e. The summed E-state index contributed by atoms with van der Waals surface area (Å²) in [6, 6.07) is 15.6. The zero-order valence-electron chi connectivity index (χ0n) is 12.3. The van der Waals surface area contributed by atoms with Crippen LogP contribution >= 0.6 is 15.9 Å². The second kappa shape index (κ2) is 7.34. The normalized spacial score (nSPS) is 15.4. The van der Waals surface area contributed by atoms with Crippen LogP contribution in [0.2, 0.25) is 0 Å². The first kappa shape index (κ1) is 16.4. The second-order valence-electron chi connectivity index (χ2n) is 5.08. The molecule has 0 aliphatic heterocycles. The second-order valence-corrected chi connectivity index (χ2v) is 7.80. The van der Waals surface area contributed by atoms with Crippen molar-refractivity contribution >= 4 is 26.7 Å². The molecule has 0 saturated heterocycles. The summed E-state index contributed by atoms with van der Waals surface area (Å²) >= 11 is 3.39. The third kappa shape index (κ3) is 4.02. The van der Waals surface area contributed by atoms with E-state index in [-0.39, 0.29) is 11.3 Å². The summed E-state index contributed by atoms with van der Waals surface area (Å²) in [4.78, 5) is 0.811. The molecule has 3 unspecified atom stereocenters. The van der Waals surface area contributed by atoms with Crippen molar-refractivity contribution in [2.75, 3.05) is 0 Å². The predicted molar refractivity (Wildman–Crippen MR) is 92.8 cm³/mol. The summed E-state index contributed by atoms with van der Waals surface area (Å²) in [5.41, 5.74) is 8.61.